The van der Waals surface area contributed by atoms with Gasteiger partial charge in [-0.1, -0.05) is 30.3 Å². The molecule has 0 saturated heterocycles. The van der Waals surface area contributed by atoms with Gasteiger partial charge in [0.05, 0.1) is 20.5 Å². The van der Waals surface area contributed by atoms with E-state index in [1.54, 1.807) is 43.3 Å². The number of hydrazone groups is 1. The molecular formula is C20H17N5O6S. The number of hydrogen-bond donors (Lipinski definition) is 2. The highest BCUT2D eigenvalue weighted by Crippen LogP contribution is 2.29. The standard InChI is InChI=1S/C20H17N5O6S/c1-14(15-6-5-9-17(12-15)24(26)27)21-22-19-11-10-18(13-20(19)25(28)29)32(30,31)23-16-7-3-2-4-8-16/h2-13,22-23H,1H3/b21-14+. The van der Waals surface area contributed by atoms with Gasteiger partial charge in [0.15, 0.2) is 0 Å². The van der Waals surface area contributed by atoms with E-state index in [1.165, 1.54) is 30.3 Å². The molecule has 0 unspecified atom stereocenters. The van der Waals surface area contributed by atoms with Crippen molar-refractivity contribution in [3.8, 4) is 0 Å². The van der Waals surface area contributed by atoms with Gasteiger partial charge < -0.3 is 0 Å². The molecule has 3 aromatic carbocycles. The number of nitro benzene ring substituents is 2. The van der Waals surface area contributed by atoms with Crippen LogP contribution in [0.25, 0.3) is 0 Å². The molecule has 3 aromatic rings. The van der Waals surface area contributed by atoms with Gasteiger partial charge >= 0.3 is 0 Å². The Balaban J connectivity index is 1.88. The molecule has 0 spiro atoms. The van der Waals surface area contributed by atoms with Gasteiger partial charge in [-0.2, -0.15) is 5.10 Å². The SMILES string of the molecule is C/C(=N\Nc1ccc(S(=O)(=O)Nc2ccccc2)cc1[N+](=O)[O-])c1cccc([N+](=O)[O-])c1. The molecule has 3 rings (SSSR count). The smallest absolute Gasteiger partial charge is 0.280 e. The minimum atomic E-state index is -4.06. The van der Waals surface area contributed by atoms with Crippen molar-refractivity contribution in [2.45, 2.75) is 11.8 Å². The number of nitro groups is 2. The molecule has 0 heterocycles. The van der Waals surface area contributed by atoms with Crippen molar-refractivity contribution in [2.75, 3.05) is 10.1 Å². The average molecular weight is 455 g/mol. The monoisotopic (exact) mass is 455 g/mol. The number of anilines is 2. The van der Waals surface area contributed by atoms with Crippen molar-refractivity contribution in [1.82, 2.24) is 0 Å². The predicted octanol–water partition coefficient (Wildman–Crippen LogP) is 4.14. The molecule has 0 aliphatic rings. The van der Waals surface area contributed by atoms with E-state index in [0.717, 1.165) is 6.07 Å². The van der Waals surface area contributed by atoms with Gasteiger partial charge in [0.25, 0.3) is 21.4 Å². The second-order valence-corrected chi connectivity index (χ2v) is 8.21. The molecule has 0 fully saturated rings. The van der Waals surface area contributed by atoms with Crippen LogP contribution in [0.15, 0.2) is 82.8 Å². The molecule has 0 amide bonds. The molecule has 2 N–H and O–H groups in total. The average Bonchev–Trinajstić information content (AvgIpc) is 2.77. The van der Waals surface area contributed by atoms with Gasteiger partial charge in [0.1, 0.15) is 5.69 Å². The van der Waals surface area contributed by atoms with Crippen LogP contribution in [0.4, 0.5) is 22.7 Å². The summed E-state index contributed by atoms with van der Waals surface area (Å²) in [5.41, 5.74) is 2.96. The van der Waals surface area contributed by atoms with E-state index in [4.69, 9.17) is 0 Å². The third-order valence-electron chi connectivity index (χ3n) is 4.32. The first-order valence-electron chi connectivity index (χ1n) is 9.09. The molecular weight excluding hydrogens is 438 g/mol. The lowest BCUT2D eigenvalue weighted by molar-refractivity contribution is -0.384. The molecule has 0 atom stereocenters. The largest absolute Gasteiger partial charge is 0.295 e. The number of nitrogens with zero attached hydrogens (tertiary/aromatic N) is 3. The third kappa shape index (κ3) is 5.23. The first kappa shape index (κ1) is 22.4. The maximum absolute atomic E-state index is 12.6. The van der Waals surface area contributed by atoms with Crippen LogP contribution in [0, 0.1) is 20.2 Å². The van der Waals surface area contributed by atoms with Crippen LogP contribution in [-0.4, -0.2) is 24.0 Å². The van der Waals surface area contributed by atoms with Crippen LogP contribution in [0.3, 0.4) is 0 Å². The van der Waals surface area contributed by atoms with Gasteiger partial charge in [0.2, 0.25) is 0 Å². The minimum Gasteiger partial charge on any atom is -0.280 e. The predicted molar refractivity (Wildman–Crippen MR) is 119 cm³/mol. The Hall–Kier alpha value is -4.32. The van der Waals surface area contributed by atoms with Crippen molar-refractivity contribution in [2.24, 2.45) is 5.10 Å². The van der Waals surface area contributed by atoms with Crippen molar-refractivity contribution >= 4 is 38.5 Å². The summed E-state index contributed by atoms with van der Waals surface area (Å²) in [5.74, 6) is 0. The van der Waals surface area contributed by atoms with E-state index < -0.39 is 25.6 Å². The number of para-hydroxylation sites is 1. The molecule has 0 bridgehead atoms. The van der Waals surface area contributed by atoms with Crippen LogP contribution in [0.1, 0.15) is 12.5 Å². The lowest BCUT2D eigenvalue weighted by Crippen LogP contribution is -2.13. The Kier molecular flexibility index (Phi) is 6.45. The zero-order chi connectivity index (χ0) is 23.3. The number of sulfonamides is 1. The highest BCUT2D eigenvalue weighted by atomic mass is 32.2. The highest BCUT2D eigenvalue weighted by molar-refractivity contribution is 7.92. The number of benzene rings is 3. The van der Waals surface area contributed by atoms with Gasteiger partial charge in [-0.15, -0.1) is 0 Å². The summed E-state index contributed by atoms with van der Waals surface area (Å²) >= 11 is 0. The van der Waals surface area contributed by atoms with Crippen molar-refractivity contribution in [3.05, 3.63) is 98.6 Å². The summed E-state index contributed by atoms with van der Waals surface area (Å²) in [6, 6.07) is 17.2. The Morgan fingerprint density at radius 3 is 2.28 bits per heavy atom. The number of non-ortho nitro benzene ring substituents is 1. The van der Waals surface area contributed by atoms with Gasteiger partial charge in [-0.3, -0.25) is 30.4 Å². The second kappa shape index (κ2) is 9.22. The van der Waals surface area contributed by atoms with Crippen LogP contribution < -0.4 is 10.1 Å². The first-order chi connectivity index (χ1) is 15.2. The van der Waals surface area contributed by atoms with Crippen molar-refractivity contribution < 1.29 is 18.3 Å². The molecule has 0 aliphatic heterocycles. The maximum atomic E-state index is 12.6. The summed E-state index contributed by atoms with van der Waals surface area (Å²) < 4.78 is 27.5. The normalized spacial score (nSPS) is 11.6. The number of rotatable bonds is 8. The molecule has 0 aromatic heterocycles. The lowest BCUT2D eigenvalue weighted by atomic mass is 10.1. The number of nitrogens with one attached hydrogen (secondary N) is 2. The van der Waals surface area contributed by atoms with Gasteiger partial charge in [0, 0.05) is 29.4 Å². The molecule has 0 radical (unpaired) electrons. The van der Waals surface area contributed by atoms with E-state index in [9.17, 15) is 28.6 Å². The first-order valence-corrected chi connectivity index (χ1v) is 10.6. The van der Waals surface area contributed by atoms with Crippen molar-refractivity contribution in [1.29, 1.82) is 0 Å². The van der Waals surface area contributed by atoms with E-state index >= 15 is 0 Å². The fraction of sp³-hybridized carbons (Fsp3) is 0.0500. The van der Waals surface area contributed by atoms with Crippen LogP contribution >= 0.6 is 0 Å². The molecule has 32 heavy (non-hydrogen) atoms. The van der Waals surface area contributed by atoms with E-state index in [1.807, 2.05) is 0 Å². The molecule has 0 saturated carbocycles. The fourth-order valence-electron chi connectivity index (χ4n) is 2.70. The fourth-order valence-corrected chi connectivity index (χ4v) is 3.78. The van der Waals surface area contributed by atoms with Gasteiger partial charge in [-0.25, -0.2) is 8.42 Å². The minimum absolute atomic E-state index is 0.0431. The van der Waals surface area contributed by atoms with E-state index in [0.29, 0.717) is 17.0 Å². The Labute approximate surface area is 182 Å². The maximum Gasteiger partial charge on any atom is 0.295 e. The van der Waals surface area contributed by atoms with Crippen LogP contribution in [-0.2, 0) is 10.0 Å². The highest BCUT2D eigenvalue weighted by Gasteiger charge is 2.21. The van der Waals surface area contributed by atoms with Gasteiger partial charge in [-0.05, 0) is 31.2 Å². The zero-order valence-electron chi connectivity index (χ0n) is 16.6. The second-order valence-electron chi connectivity index (χ2n) is 6.52. The Morgan fingerprint density at radius 2 is 1.62 bits per heavy atom. The zero-order valence-corrected chi connectivity index (χ0v) is 17.4. The summed E-state index contributed by atoms with van der Waals surface area (Å²) in [5, 5.41) is 26.5. The summed E-state index contributed by atoms with van der Waals surface area (Å²) in [4.78, 5) is 20.9. The van der Waals surface area contributed by atoms with Crippen LogP contribution in [0.2, 0.25) is 0 Å². The number of hydrogen-bond acceptors (Lipinski definition) is 8. The summed E-state index contributed by atoms with van der Waals surface area (Å²) in [7, 11) is -4.06. The Morgan fingerprint density at radius 1 is 0.906 bits per heavy atom. The molecule has 12 heteroatoms. The summed E-state index contributed by atoms with van der Waals surface area (Å²) in [6.07, 6.45) is 0. The Bertz CT molecular complexity index is 1310. The van der Waals surface area contributed by atoms with E-state index in [-0.39, 0.29) is 16.3 Å². The third-order valence-corrected chi connectivity index (χ3v) is 5.70. The van der Waals surface area contributed by atoms with Crippen LogP contribution in [0.5, 0.6) is 0 Å². The van der Waals surface area contributed by atoms with E-state index in [2.05, 4.69) is 15.2 Å². The lowest BCUT2D eigenvalue weighted by Gasteiger charge is -2.10. The summed E-state index contributed by atoms with van der Waals surface area (Å²) in [6.45, 7) is 1.57. The molecule has 164 valence electrons. The van der Waals surface area contributed by atoms with Crippen molar-refractivity contribution in [3.63, 3.8) is 0 Å². The molecule has 0 aliphatic carbocycles. The molecule has 11 nitrogen and oxygen atoms in total. The quantitative estimate of drug-likeness (QED) is 0.293. The topological polar surface area (TPSA) is 157 Å².